The average molecular weight is 260 g/mol. The van der Waals surface area contributed by atoms with Gasteiger partial charge in [0, 0.05) is 6.54 Å². The zero-order valence-corrected chi connectivity index (χ0v) is 10.8. The van der Waals surface area contributed by atoms with Crippen LogP contribution in [0.2, 0.25) is 0 Å². The fourth-order valence-electron chi connectivity index (χ4n) is 1.03. The van der Waals surface area contributed by atoms with Crippen molar-refractivity contribution in [1.82, 2.24) is 5.32 Å². The number of carbonyl (C=O) groups is 2. The zero-order valence-electron chi connectivity index (χ0n) is 10.8. The predicted octanol–water partition coefficient (Wildman–Crippen LogP) is -0.372. The first-order chi connectivity index (χ1) is 8.11. The number of hydrogen-bond donors (Lipinski definition) is 4. The number of alkyl carbamates (subject to hydrolysis) is 1. The van der Waals surface area contributed by atoms with Gasteiger partial charge < -0.3 is 26.6 Å². The molecular formula is C10H20N4O4. The molecule has 0 heterocycles. The molecule has 0 unspecified atom stereocenters. The highest BCUT2D eigenvalue weighted by Gasteiger charge is 2.23. The highest BCUT2D eigenvalue weighted by atomic mass is 16.6. The van der Waals surface area contributed by atoms with E-state index >= 15 is 0 Å². The SMILES string of the molecule is CC(C)(C)OC(=O)N[C@@H](CCN=C(N)N)C(=O)O. The summed E-state index contributed by atoms with van der Waals surface area (Å²) >= 11 is 0. The van der Waals surface area contributed by atoms with Gasteiger partial charge in [0.2, 0.25) is 0 Å². The summed E-state index contributed by atoms with van der Waals surface area (Å²) in [6.07, 6.45) is -0.716. The number of aliphatic imine (C=N–C) groups is 1. The minimum absolute atomic E-state index is 0.0759. The quantitative estimate of drug-likeness (QED) is 0.392. The number of aliphatic carboxylic acids is 1. The Morgan fingerprint density at radius 1 is 1.39 bits per heavy atom. The third kappa shape index (κ3) is 8.20. The molecule has 0 aliphatic heterocycles. The van der Waals surface area contributed by atoms with Crippen molar-refractivity contribution in [3.63, 3.8) is 0 Å². The molecule has 0 spiro atoms. The Bertz CT molecular complexity index is 331. The van der Waals surface area contributed by atoms with E-state index in [1.807, 2.05) is 0 Å². The van der Waals surface area contributed by atoms with Gasteiger partial charge in [0.15, 0.2) is 5.96 Å². The molecular weight excluding hydrogens is 240 g/mol. The lowest BCUT2D eigenvalue weighted by Crippen LogP contribution is -2.43. The number of carbonyl (C=O) groups excluding carboxylic acids is 1. The van der Waals surface area contributed by atoms with Crippen LogP contribution in [0.15, 0.2) is 4.99 Å². The number of nitrogens with zero attached hydrogens (tertiary/aromatic N) is 1. The Kier molecular flexibility index (Phi) is 5.94. The van der Waals surface area contributed by atoms with Crippen molar-refractivity contribution >= 4 is 18.0 Å². The Morgan fingerprint density at radius 2 is 1.94 bits per heavy atom. The summed E-state index contributed by atoms with van der Waals surface area (Å²) in [5.74, 6) is -1.30. The summed E-state index contributed by atoms with van der Waals surface area (Å²) in [5.41, 5.74) is 9.53. The Labute approximate surface area is 105 Å². The van der Waals surface area contributed by atoms with E-state index < -0.39 is 23.7 Å². The van der Waals surface area contributed by atoms with Crippen molar-refractivity contribution in [2.45, 2.75) is 38.8 Å². The molecule has 0 rings (SSSR count). The first-order valence-corrected chi connectivity index (χ1v) is 5.39. The summed E-state index contributed by atoms with van der Waals surface area (Å²) in [7, 11) is 0. The summed E-state index contributed by atoms with van der Waals surface area (Å²) in [4.78, 5) is 25.9. The molecule has 0 aliphatic rings. The lowest BCUT2D eigenvalue weighted by Gasteiger charge is -2.21. The van der Waals surface area contributed by atoms with E-state index in [-0.39, 0.29) is 18.9 Å². The monoisotopic (exact) mass is 260 g/mol. The maximum Gasteiger partial charge on any atom is 0.408 e. The lowest BCUT2D eigenvalue weighted by atomic mass is 10.2. The number of nitrogens with two attached hydrogens (primary N) is 2. The largest absolute Gasteiger partial charge is 0.480 e. The molecule has 6 N–H and O–H groups in total. The standard InChI is InChI=1S/C10H20N4O4/c1-10(2,3)18-9(17)14-6(7(15)16)4-5-13-8(11)12/h6H,4-5H2,1-3H3,(H,14,17)(H,15,16)(H4,11,12,13)/t6-/m0/s1. The summed E-state index contributed by atoms with van der Waals surface area (Å²) in [6, 6.07) is -1.09. The number of nitrogens with one attached hydrogen (secondary N) is 1. The second-order valence-electron chi connectivity index (χ2n) is 4.63. The lowest BCUT2D eigenvalue weighted by molar-refractivity contribution is -0.139. The number of carboxylic acids is 1. The first-order valence-electron chi connectivity index (χ1n) is 5.39. The van der Waals surface area contributed by atoms with E-state index in [2.05, 4.69) is 10.3 Å². The van der Waals surface area contributed by atoms with Gasteiger partial charge in [-0.25, -0.2) is 9.59 Å². The molecule has 18 heavy (non-hydrogen) atoms. The van der Waals surface area contributed by atoms with Gasteiger partial charge in [0.05, 0.1) is 0 Å². The van der Waals surface area contributed by atoms with Crippen LogP contribution in [0.4, 0.5) is 4.79 Å². The molecule has 0 aromatic heterocycles. The van der Waals surface area contributed by atoms with Crippen LogP contribution < -0.4 is 16.8 Å². The smallest absolute Gasteiger partial charge is 0.408 e. The fourth-order valence-corrected chi connectivity index (χ4v) is 1.03. The Hall–Kier alpha value is -1.99. The average Bonchev–Trinajstić information content (AvgIpc) is 2.12. The molecule has 104 valence electrons. The van der Waals surface area contributed by atoms with Gasteiger partial charge in [-0.2, -0.15) is 0 Å². The normalized spacial score (nSPS) is 12.4. The molecule has 0 saturated heterocycles. The maximum absolute atomic E-state index is 11.4. The van der Waals surface area contributed by atoms with Crippen LogP contribution in [0.3, 0.4) is 0 Å². The molecule has 0 aliphatic carbocycles. The molecule has 1 amide bonds. The number of guanidine groups is 1. The van der Waals surface area contributed by atoms with Crippen molar-refractivity contribution in [2.75, 3.05) is 6.54 Å². The molecule has 0 aromatic carbocycles. The van der Waals surface area contributed by atoms with Crippen molar-refractivity contribution in [3.05, 3.63) is 0 Å². The van der Waals surface area contributed by atoms with Crippen LogP contribution in [0, 0.1) is 0 Å². The minimum Gasteiger partial charge on any atom is -0.480 e. The van der Waals surface area contributed by atoms with E-state index in [9.17, 15) is 9.59 Å². The van der Waals surface area contributed by atoms with Crippen molar-refractivity contribution in [2.24, 2.45) is 16.5 Å². The molecule has 8 heteroatoms. The summed E-state index contributed by atoms with van der Waals surface area (Å²) in [5, 5.41) is 11.1. The molecule has 0 aromatic rings. The van der Waals surface area contributed by atoms with Crippen LogP contribution in [-0.4, -0.2) is 41.3 Å². The summed E-state index contributed by atoms with van der Waals surface area (Å²) in [6.45, 7) is 5.15. The van der Waals surface area contributed by atoms with Crippen LogP contribution in [-0.2, 0) is 9.53 Å². The van der Waals surface area contributed by atoms with Gasteiger partial charge in [-0.1, -0.05) is 0 Å². The van der Waals surface area contributed by atoms with Crippen molar-refractivity contribution < 1.29 is 19.4 Å². The number of rotatable bonds is 5. The number of amides is 1. The number of ether oxygens (including phenoxy) is 1. The third-order valence-electron chi connectivity index (χ3n) is 1.70. The van der Waals surface area contributed by atoms with Crippen molar-refractivity contribution in [1.29, 1.82) is 0 Å². The van der Waals surface area contributed by atoms with Gasteiger partial charge in [-0.15, -0.1) is 0 Å². The Morgan fingerprint density at radius 3 is 2.33 bits per heavy atom. The molecule has 0 fully saturated rings. The van der Waals surface area contributed by atoms with E-state index in [0.29, 0.717) is 0 Å². The van der Waals surface area contributed by atoms with Gasteiger partial charge in [-0.3, -0.25) is 4.99 Å². The van der Waals surface area contributed by atoms with Crippen LogP contribution in [0.5, 0.6) is 0 Å². The number of carboxylic acid groups (broad SMARTS) is 1. The van der Waals surface area contributed by atoms with E-state index in [1.54, 1.807) is 20.8 Å². The molecule has 1 atom stereocenters. The number of hydrogen-bond acceptors (Lipinski definition) is 4. The molecule has 8 nitrogen and oxygen atoms in total. The second-order valence-corrected chi connectivity index (χ2v) is 4.63. The second kappa shape index (κ2) is 6.67. The predicted molar refractivity (Wildman–Crippen MR) is 66.1 cm³/mol. The van der Waals surface area contributed by atoms with Gasteiger partial charge in [-0.05, 0) is 27.2 Å². The van der Waals surface area contributed by atoms with E-state index in [4.69, 9.17) is 21.3 Å². The molecule has 0 bridgehead atoms. The first kappa shape index (κ1) is 16.0. The van der Waals surface area contributed by atoms with Crippen LogP contribution in [0.1, 0.15) is 27.2 Å². The minimum atomic E-state index is -1.17. The highest BCUT2D eigenvalue weighted by Crippen LogP contribution is 2.07. The topological polar surface area (TPSA) is 140 Å². The summed E-state index contributed by atoms with van der Waals surface area (Å²) < 4.78 is 4.95. The van der Waals surface area contributed by atoms with Gasteiger partial charge in [0.25, 0.3) is 0 Å². The Balaban J connectivity index is 4.32. The maximum atomic E-state index is 11.4. The van der Waals surface area contributed by atoms with E-state index in [1.165, 1.54) is 0 Å². The van der Waals surface area contributed by atoms with Gasteiger partial charge in [0.1, 0.15) is 11.6 Å². The van der Waals surface area contributed by atoms with E-state index in [0.717, 1.165) is 0 Å². The van der Waals surface area contributed by atoms with Crippen LogP contribution in [0.25, 0.3) is 0 Å². The van der Waals surface area contributed by atoms with Crippen LogP contribution >= 0.6 is 0 Å². The highest BCUT2D eigenvalue weighted by molar-refractivity contribution is 5.80. The van der Waals surface area contributed by atoms with Gasteiger partial charge >= 0.3 is 12.1 Å². The molecule has 0 radical (unpaired) electrons. The molecule has 0 saturated carbocycles. The zero-order chi connectivity index (χ0) is 14.3. The van der Waals surface area contributed by atoms with Crippen molar-refractivity contribution in [3.8, 4) is 0 Å². The third-order valence-corrected chi connectivity index (χ3v) is 1.70. The fraction of sp³-hybridized carbons (Fsp3) is 0.700.